The van der Waals surface area contributed by atoms with Crippen LogP contribution in [0.1, 0.15) is 6.92 Å². The number of nitrogens with zero attached hydrogens (tertiary/aromatic N) is 1. The number of carbonyl (C=O) groups excluding carboxylic acids is 1. The van der Waals surface area contributed by atoms with E-state index in [4.69, 9.17) is 16.3 Å². The van der Waals surface area contributed by atoms with Crippen molar-refractivity contribution in [2.24, 2.45) is 0 Å². The highest BCUT2D eigenvalue weighted by Crippen LogP contribution is 2.10. The van der Waals surface area contributed by atoms with Gasteiger partial charge in [0.25, 0.3) is 0 Å². The Kier molecular flexibility index (Phi) is 5.22. The second kappa shape index (κ2) is 6.45. The number of likely N-dealkylation sites (N-methyl/N-ethyl adjacent to an activating group) is 1. The highest BCUT2D eigenvalue weighted by molar-refractivity contribution is 6.30. The Balaban J connectivity index is 2.33. The fourth-order valence-electron chi connectivity index (χ4n) is 1.25. The molecule has 94 valence electrons. The average molecular weight is 260 g/mol. The smallest absolute Gasteiger partial charge is 0.240 e. The molecule has 17 heavy (non-hydrogen) atoms. The molecule has 0 bridgehead atoms. The van der Waals surface area contributed by atoms with E-state index in [1.165, 1.54) is 17.0 Å². The SMILES string of the molecule is CC(Cl)C(=O)N(C)CCOc1ccc(F)cc1. The van der Waals surface area contributed by atoms with Gasteiger partial charge in [0, 0.05) is 7.05 Å². The maximum atomic E-state index is 12.6. The first-order valence-corrected chi connectivity index (χ1v) is 5.72. The van der Waals surface area contributed by atoms with Gasteiger partial charge < -0.3 is 9.64 Å². The molecule has 3 nitrogen and oxygen atoms in total. The zero-order valence-electron chi connectivity index (χ0n) is 9.82. The zero-order chi connectivity index (χ0) is 12.8. The quantitative estimate of drug-likeness (QED) is 0.760. The molecule has 1 unspecified atom stereocenters. The van der Waals surface area contributed by atoms with Gasteiger partial charge in [-0.2, -0.15) is 0 Å². The predicted molar refractivity (Wildman–Crippen MR) is 64.8 cm³/mol. The summed E-state index contributed by atoms with van der Waals surface area (Å²) < 4.78 is 18.0. The lowest BCUT2D eigenvalue weighted by Gasteiger charge is -2.18. The molecule has 1 atom stereocenters. The minimum absolute atomic E-state index is 0.144. The van der Waals surface area contributed by atoms with E-state index >= 15 is 0 Å². The summed E-state index contributed by atoms with van der Waals surface area (Å²) in [6.45, 7) is 2.41. The minimum Gasteiger partial charge on any atom is -0.492 e. The molecule has 0 aliphatic heterocycles. The molecule has 0 aromatic heterocycles. The Bertz CT molecular complexity index is 367. The molecule has 0 spiro atoms. The van der Waals surface area contributed by atoms with E-state index in [-0.39, 0.29) is 11.7 Å². The largest absolute Gasteiger partial charge is 0.492 e. The van der Waals surface area contributed by atoms with Crippen LogP contribution in [-0.2, 0) is 4.79 Å². The fourth-order valence-corrected chi connectivity index (χ4v) is 1.41. The number of halogens is 2. The zero-order valence-corrected chi connectivity index (χ0v) is 10.6. The molecule has 0 aliphatic carbocycles. The normalized spacial score (nSPS) is 12.0. The van der Waals surface area contributed by atoms with Gasteiger partial charge in [-0.15, -0.1) is 11.6 Å². The molecule has 1 aromatic rings. The minimum atomic E-state index is -0.536. The highest BCUT2D eigenvalue weighted by Gasteiger charge is 2.14. The maximum Gasteiger partial charge on any atom is 0.240 e. The van der Waals surface area contributed by atoms with Crippen molar-refractivity contribution >= 4 is 17.5 Å². The lowest BCUT2D eigenvalue weighted by atomic mass is 10.3. The highest BCUT2D eigenvalue weighted by atomic mass is 35.5. The van der Waals surface area contributed by atoms with Crippen LogP contribution in [0, 0.1) is 5.82 Å². The van der Waals surface area contributed by atoms with Crippen molar-refractivity contribution in [1.82, 2.24) is 4.90 Å². The van der Waals surface area contributed by atoms with Crippen LogP contribution in [0.25, 0.3) is 0 Å². The van der Waals surface area contributed by atoms with E-state index in [9.17, 15) is 9.18 Å². The van der Waals surface area contributed by atoms with Gasteiger partial charge in [-0.05, 0) is 31.2 Å². The number of hydrogen-bond acceptors (Lipinski definition) is 2. The van der Waals surface area contributed by atoms with Gasteiger partial charge in [-0.3, -0.25) is 4.79 Å². The van der Waals surface area contributed by atoms with Crippen molar-refractivity contribution in [3.8, 4) is 5.75 Å². The number of carbonyl (C=O) groups is 1. The summed E-state index contributed by atoms with van der Waals surface area (Å²) in [5.41, 5.74) is 0. The van der Waals surface area contributed by atoms with Gasteiger partial charge in [0.1, 0.15) is 23.6 Å². The summed E-state index contributed by atoms with van der Waals surface area (Å²) in [6, 6.07) is 5.73. The summed E-state index contributed by atoms with van der Waals surface area (Å²) >= 11 is 5.66. The molecule has 0 heterocycles. The molecule has 0 fully saturated rings. The van der Waals surface area contributed by atoms with Crippen LogP contribution >= 0.6 is 11.6 Å². The molecule has 0 radical (unpaired) electrons. The average Bonchev–Trinajstić information content (AvgIpc) is 2.30. The summed E-state index contributed by atoms with van der Waals surface area (Å²) in [7, 11) is 1.66. The van der Waals surface area contributed by atoms with Gasteiger partial charge in [0.05, 0.1) is 6.54 Å². The van der Waals surface area contributed by atoms with Crippen LogP contribution in [-0.4, -0.2) is 36.4 Å². The molecule has 0 N–H and O–H groups in total. The van der Waals surface area contributed by atoms with Gasteiger partial charge in [-0.25, -0.2) is 4.39 Å². The van der Waals surface area contributed by atoms with Gasteiger partial charge >= 0.3 is 0 Å². The number of benzene rings is 1. The molecule has 0 aliphatic rings. The molecule has 0 saturated carbocycles. The predicted octanol–water partition coefficient (Wildman–Crippen LogP) is 2.29. The number of hydrogen-bond donors (Lipinski definition) is 0. The monoisotopic (exact) mass is 259 g/mol. The fraction of sp³-hybridized carbons (Fsp3) is 0.417. The van der Waals surface area contributed by atoms with E-state index in [1.807, 2.05) is 0 Å². The molecule has 1 amide bonds. The number of amides is 1. The molecule has 5 heteroatoms. The Labute approximate surface area is 105 Å². The first kappa shape index (κ1) is 13.8. The summed E-state index contributed by atoms with van der Waals surface area (Å²) in [5.74, 6) is 0.126. The first-order valence-electron chi connectivity index (χ1n) is 5.28. The van der Waals surface area contributed by atoms with Crippen LogP contribution in [0.5, 0.6) is 5.75 Å². The van der Waals surface area contributed by atoms with Crippen LogP contribution in [0.15, 0.2) is 24.3 Å². The van der Waals surface area contributed by atoms with Gasteiger partial charge in [0.2, 0.25) is 5.91 Å². The van der Waals surface area contributed by atoms with Crippen LogP contribution in [0.2, 0.25) is 0 Å². The Hall–Kier alpha value is -1.29. The van der Waals surface area contributed by atoms with Gasteiger partial charge in [0.15, 0.2) is 0 Å². The second-order valence-electron chi connectivity index (χ2n) is 3.68. The van der Waals surface area contributed by atoms with Crippen molar-refractivity contribution in [1.29, 1.82) is 0 Å². The Morgan fingerprint density at radius 2 is 2.06 bits per heavy atom. The van der Waals surface area contributed by atoms with E-state index < -0.39 is 5.38 Å². The third kappa shape index (κ3) is 4.61. The van der Waals surface area contributed by atoms with Gasteiger partial charge in [-0.1, -0.05) is 0 Å². The first-order chi connectivity index (χ1) is 8.00. The second-order valence-corrected chi connectivity index (χ2v) is 4.33. The van der Waals surface area contributed by atoms with Crippen molar-refractivity contribution in [2.45, 2.75) is 12.3 Å². The van der Waals surface area contributed by atoms with Crippen molar-refractivity contribution in [3.05, 3.63) is 30.1 Å². The standard InChI is InChI=1S/C12H15ClFNO2/c1-9(13)12(16)15(2)7-8-17-11-5-3-10(14)4-6-11/h3-6,9H,7-8H2,1-2H3. The summed E-state index contributed by atoms with van der Waals surface area (Å²) in [5, 5.41) is -0.536. The van der Waals surface area contributed by atoms with E-state index in [0.29, 0.717) is 18.9 Å². The van der Waals surface area contributed by atoms with Crippen molar-refractivity contribution in [2.75, 3.05) is 20.2 Å². The van der Waals surface area contributed by atoms with E-state index in [2.05, 4.69) is 0 Å². The number of ether oxygens (including phenoxy) is 1. The van der Waals surface area contributed by atoms with E-state index in [1.54, 1.807) is 26.1 Å². The summed E-state index contributed by atoms with van der Waals surface area (Å²) in [4.78, 5) is 12.9. The van der Waals surface area contributed by atoms with Crippen molar-refractivity contribution < 1.29 is 13.9 Å². The third-order valence-electron chi connectivity index (χ3n) is 2.23. The Morgan fingerprint density at radius 3 is 2.59 bits per heavy atom. The van der Waals surface area contributed by atoms with Crippen LogP contribution in [0.3, 0.4) is 0 Å². The van der Waals surface area contributed by atoms with Crippen LogP contribution in [0.4, 0.5) is 4.39 Å². The lowest BCUT2D eigenvalue weighted by Crippen LogP contribution is -2.35. The molecule has 1 aromatic carbocycles. The molecular formula is C12H15ClFNO2. The van der Waals surface area contributed by atoms with Crippen molar-refractivity contribution in [3.63, 3.8) is 0 Å². The number of alkyl halides is 1. The Morgan fingerprint density at radius 1 is 1.47 bits per heavy atom. The lowest BCUT2D eigenvalue weighted by molar-refractivity contribution is -0.129. The van der Waals surface area contributed by atoms with Crippen LogP contribution < -0.4 is 4.74 Å². The molecule has 1 rings (SSSR count). The number of rotatable bonds is 5. The summed E-state index contributed by atoms with van der Waals surface area (Å²) in [6.07, 6.45) is 0. The molecule has 0 saturated heterocycles. The third-order valence-corrected chi connectivity index (χ3v) is 2.41. The maximum absolute atomic E-state index is 12.6. The molecular weight excluding hydrogens is 245 g/mol. The van der Waals surface area contributed by atoms with E-state index in [0.717, 1.165) is 0 Å². The topological polar surface area (TPSA) is 29.5 Å².